The summed E-state index contributed by atoms with van der Waals surface area (Å²) in [5.41, 5.74) is 1.34. The predicted octanol–water partition coefficient (Wildman–Crippen LogP) is 4.38. The normalized spacial score (nSPS) is 27.4. The van der Waals surface area contributed by atoms with Gasteiger partial charge in [-0.1, -0.05) is 42.5 Å². The number of fused-ring (bicyclic) bond motifs is 1. The Bertz CT molecular complexity index is 1010. The molecule has 0 aromatic heterocycles. The molecule has 2 aliphatic rings. The zero-order valence-corrected chi connectivity index (χ0v) is 17.7. The molecule has 1 saturated heterocycles. The molecule has 1 aliphatic heterocycles. The SMILES string of the molecule is CCOC(=O)c1ccc([C@H]2CO[C@]3(C)C=CC(=O)C[C@@H]3[C@@H]2C(=O)c2ccccc2)cc1. The molecule has 5 nitrogen and oxygen atoms in total. The van der Waals surface area contributed by atoms with Gasteiger partial charge in [0.2, 0.25) is 0 Å². The molecular formula is C26H26O5. The molecule has 0 spiro atoms. The maximum Gasteiger partial charge on any atom is 0.338 e. The van der Waals surface area contributed by atoms with Crippen LogP contribution < -0.4 is 0 Å². The van der Waals surface area contributed by atoms with E-state index in [4.69, 9.17) is 9.47 Å². The Balaban J connectivity index is 1.72. The Labute approximate surface area is 182 Å². The Kier molecular flexibility index (Phi) is 5.88. The van der Waals surface area contributed by atoms with E-state index < -0.39 is 11.5 Å². The Morgan fingerprint density at radius 1 is 1.06 bits per heavy atom. The molecule has 5 heteroatoms. The number of rotatable bonds is 5. The van der Waals surface area contributed by atoms with Gasteiger partial charge in [0.05, 0.1) is 24.4 Å². The van der Waals surface area contributed by atoms with Crippen molar-refractivity contribution in [3.8, 4) is 0 Å². The second-order valence-electron chi connectivity index (χ2n) is 8.31. The highest BCUT2D eigenvalue weighted by atomic mass is 16.5. The summed E-state index contributed by atoms with van der Waals surface area (Å²) in [6.07, 6.45) is 3.64. The van der Waals surface area contributed by atoms with Crippen molar-refractivity contribution in [1.29, 1.82) is 0 Å². The highest BCUT2D eigenvalue weighted by Gasteiger charge is 2.51. The van der Waals surface area contributed by atoms with Crippen molar-refractivity contribution in [3.63, 3.8) is 0 Å². The maximum absolute atomic E-state index is 13.7. The molecule has 31 heavy (non-hydrogen) atoms. The largest absolute Gasteiger partial charge is 0.462 e. The molecule has 0 saturated carbocycles. The maximum atomic E-state index is 13.7. The summed E-state index contributed by atoms with van der Waals surface area (Å²) < 4.78 is 11.3. The molecule has 1 aliphatic carbocycles. The van der Waals surface area contributed by atoms with Crippen molar-refractivity contribution in [3.05, 3.63) is 83.4 Å². The lowest BCUT2D eigenvalue weighted by Gasteiger charge is -2.49. The van der Waals surface area contributed by atoms with Crippen LogP contribution in [0.3, 0.4) is 0 Å². The molecule has 4 rings (SSSR count). The summed E-state index contributed by atoms with van der Waals surface area (Å²) >= 11 is 0. The summed E-state index contributed by atoms with van der Waals surface area (Å²) in [7, 11) is 0. The average Bonchev–Trinajstić information content (AvgIpc) is 2.79. The minimum Gasteiger partial charge on any atom is -0.462 e. The van der Waals surface area contributed by atoms with E-state index in [0.717, 1.165) is 5.56 Å². The third-order valence-corrected chi connectivity index (χ3v) is 6.41. The Morgan fingerprint density at radius 3 is 2.45 bits per heavy atom. The summed E-state index contributed by atoms with van der Waals surface area (Å²) in [5.74, 6) is -1.25. The van der Waals surface area contributed by atoms with E-state index in [-0.39, 0.29) is 35.8 Å². The van der Waals surface area contributed by atoms with E-state index in [1.165, 1.54) is 0 Å². The minimum absolute atomic E-state index is 0.00949. The summed E-state index contributed by atoms with van der Waals surface area (Å²) in [4.78, 5) is 38.0. The van der Waals surface area contributed by atoms with Crippen LogP contribution in [-0.4, -0.2) is 36.4 Å². The van der Waals surface area contributed by atoms with Crippen LogP contribution in [0.1, 0.15) is 52.5 Å². The van der Waals surface area contributed by atoms with Gasteiger partial charge in [0, 0.05) is 29.7 Å². The highest BCUT2D eigenvalue weighted by molar-refractivity contribution is 6.00. The van der Waals surface area contributed by atoms with Crippen LogP contribution in [0.5, 0.6) is 0 Å². The van der Waals surface area contributed by atoms with Gasteiger partial charge in [-0.05, 0) is 43.7 Å². The molecule has 4 atom stereocenters. The lowest BCUT2D eigenvalue weighted by Crippen LogP contribution is -2.53. The van der Waals surface area contributed by atoms with Crippen LogP contribution in [0, 0.1) is 11.8 Å². The van der Waals surface area contributed by atoms with Crippen molar-refractivity contribution in [2.24, 2.45) is 11.8 Å². The first-order chi connectivity index (χ1) is 14.9. The fraction of sp³-hybridized carbons (Fsp3) is 0.346. The molecule has 0 amide bonds. The van der Waals surface area contributed by atoms with E-state index in [1.807, 2.05) is 49.4 Å². The Morgan fingerprint density at radius 2 is 1.77 bits per heavy atom. The lowest BCUT2D eigenvalue weighted by atomic mass is 9.63. The van der Waals surface area contributed by atoms with Gasteiger partial charge in [-0.2, -0.15) is 0 Å². The smallest absolute Gasteiger partial charge is 0.338 e. The number of ketones is 2. The van der Waals surface area contributed by atoms with Crippen molar-refractivity contribution < 1.29 is 23.9 Å². The minimum atomic E-state index is -0.662. The number of carbonyl (C=O) groups excluding carboxylic acids is 3. The van der Waals surface area contributed by atoms with Crippen LogP contribution in [0.4, 0.5) is 0 Å². The third-order valence-electron chi connectivity index (χ3n) is 6.41. The van der Waals surface area contributed by atoms with Gasteiger partial charge < -0.3 is 9.47 Å². The van der Waals surface area contributed by atoms with Gasteiger partial charge in [-0.3, -0.25) is 9.59 Å². The monoisotopic (exact) mass is 418 g/mol. The van der Waals surface area contributed by atoms with E-state index in [9.17, 15) is 14.4 Å². The second-order valence-corrected chi connectivity index (χ2v) is 8.31. The molecule has 2 aromatic rings. The average molecular weight is 418 g/mol. The molecule has 160 valence electrons. The Hall–Kier alpha value is -3.05. The van der Waals surface area contributed by atoms with Crippen molar-refractivity contribution in [1.82, 2.24) is 0 Å². The van der Waals surface area contributed by atoms with Gasteiger partial charge in [-0.15, -0.1) is 0 Å². The van der Waals surface area contributed by atoms with Crippen molar-refractivity contribution in [2.45, 2.75) is 31.8 Å². The molecule has 0 N–H and O–H groups in total. The fourth-order valence-electron chi connectivity index (χ4n) is 4.71. The highest BCUT2D eigenvalue weighted by Crippen LogP contribution is 2.48. The number of allylic oxidation sites excluding steroid dienone is 1. The third kappa shape index (κ3) is 4.10. The zero-order valence-electron chi connectivity index (χ0n) is 17.7. The molecule has 0 bridgehead atoms. The van der Waals surface area contributed by atoms with E-state index in [0.29, 0.717) is 24.3 Å². The first kappa shape index (κ1) is 21.2. The van der Waals surface area contributed by atoms with E-state index in [2.05, 4.69) is 0 Å². The summed E-state index contributed by atoms with van der Waals surface area (Å²) in [6, 6.07) is 16.4. The number of benzene rings is 2. The van der Waals surface area contributed by atoms with E-state index >= 15 is 0 Å². The molecule has 1 heterocycles. The summed E-state index contributed by atoms with van der Waals surface area (Å²) in [6.45, 7) is 4.38. The van der Waals surface area contributed by atoms with Crippen LogP contribution in [0.15, 0.2) is 66.7 Å². The topological polar surface area (TPSA) is 69.7 Å². The second kappa shape index (κ2) is 8.60. The van der Waals surface area contributed by atoms with Crippen molar-refractivity contribution in [2.75, 3.05) is 13.2 Å². The van der Waals surface area contributed by atoms with Crippen LogP contribution >= 0.6 is 0 Å². The standard InChI is InChI=1S/C26H26O5/c1-3-30-25(29)19-11-9-17(10-12-19)21-16-31-26(2)14-13-20(27)15-22(26)23(21)24(28)18-7-5-4-6-8-18/h4-14,21-23H,3,15-16H2,1-2H3/t21-,22-,23-,26-/m1/s1. The molecule has 1 fully saturated rings. The number of ether oxygens (including phenoxy) is 2. The number of esters is 1. The predicted molar refractivity (Wildman–Crippen MR) is 116 cm³/mol. The first-order valence-electron chi connectivity index (χ1n) is 10.7. The van der Waals surface area contributed by atoms with Gasteiger partial charge in [-0.25, -0.2) is 4.79 Å². The van der Waals surface area contributed by atoms with Gasteiger partial charge >= 0.3 is 5.97 Å². The number of hydrogen-bond acceptors (Lipinski definition) is 5. The van der Waals surface area contributed by atoms with Crippen molar-refractivity contribution >= 4 is 17.5 Å². The quantitative estimate of drug-likeness (QED) is 0.532. The van der Waals surface area contributed by atoms with Crippen LogP contribution in [0.25, 0.3) is 0 Å². The van der Waals surface area contributed by atoms with E-state index in [1.54, 1.807) is 31.2 Å². The summed E-state index contributed by atoms with van der Waals surface area (Å²) in [5, 5.41) is 0. The molecular weight excluding hydrogens is 392 g/mol. The molecule has 0 unspecified atom stereocenters. The first-order valence-corrected chi connectivity index (χ1v) is 10.7. The van der Waals surface area contributed by atoms with Gasteiger partial charge in [0.15, 0.2) is 11.6 Å². The van der Waals surface area contributed by atoms with Gasteiger partial charge in [0.25, 0.3) is 0 Å². The van der Waals surface area contributed by atoms with Crippen LogP contribution in [-0.2, 0) is 14.3 Å². The lowest BCUT2D eigenvalue weighted by molar-refractivity contribution is -0.132. The molecule has 2 aromatic carbocycles. The molecule has 0 radical (unpaired) electrons. The number of carbonyl (C=O) groups is 3. The zero-order chi connectivity index (χ0) is 22.0. The fourth-order valence-corrected chi connectivity index (χ4v) is 4.71. The number of hydrogen-bond donors (Lipinski definition) is 0. The van der Waals surface area contributed by atoms with Gasteiger partial charge in [0.1, 0.15) is 0 Å². The number of Topliss-reactive ketones (excluding diaryl/α,β-unsaturated/α-hetero) is 1. The van der Waals surface area contributed by atoms with Crippen LogP contribution in [0.2, 0.25) is 0 Å².